The fourth-order valence-electron chi connectivity index (χ4n) is 2.54. The van der Waals surface area contributed by atoms with E-state index in [0.29, 0.717) is 51.4 Å². The normalized spacial score (nSPS) is 17.3. The summed E-state index contributed by atoms with van der Waals surface area (Å²) >= 11 is 0. The van der Waals surface area contributed by atoms with E-state index in [1.165, 1.54) is 7.11 Å². The van der Waals surface area contributed by atoms with E-state index in [1.54, 1.807) is 0 Å². The second-order valence-corrected chi connectivity index (χ2v) is 5.59. The minimum Gasteiger partial charge on any atom is -0.469 e. The molecule has 5 nitrogen and oxygen atoms in total. The third-order valence-electron chi connectivity index (χ3n) is 3.79. The Kier molecular flexibility index (Phi) is 8.19. The molecule has 8 heteroatoms. The lowest BCUT2D eigenvalue weighted by atomic mass is 9.97. The summed E-state index contributed by atoms with van der Waals surface area (Å²) in [7, 11) is 1.39. The molecule has 1 aliphatic heterocycles. The molecule has 23 heavy (non-hydrogen) atoms. The zero-order chi connectivity index (χ0) is 17.3. The van der Waals surface area contributed by atoms with Crippen molar-refractivity contribution in [3.8, 4) is 0 Å². The average molecular weight is 337 g/mol. The summed E-state index contributed by atoms with van der Waals surface area (Å²) < 4.78 is 41.0. The first-order valence-electron chi connectivity index (χ1n) is 8.05. The Morgan fingerprint density at radius 3 is 2.48 bits per heavy atom. The lowest BCUT2D eigenvalue weighted by Gasteiger charge is -2.33. The highest BCUT2D eigenvalue weighted by Gasteiger charge is 2.27. The van der Waals surface area contributed by atoms with Gasteiger partial charge in [-0.2, -0.15) is 13.2 Å². The maximum atomic E-state index is 12.1. The molecule has 1 N–H and O–H groups in total. The molecule has 0 spiro atoms. The first-order chi connectivity index (χ1) is 10.9. The lowest BCUT2D eigenvalue weighted by Crippen LogP contribution is -2.46. The minimum absolute atomic E-state index is 0.0779. The lowest BCUT2D eigenvalue weighted by molar-refractivity contribution is -0.146. The van der Waals surface area contributed by atoms with Crippen LogP contribution in [0.25, 0.3) is 0 Å². The molecule has 134 valence electrons. The molecule has 0 atom stereocenters. The molecule has 0 radical (unpaired) electrons. The molecule has 0 aromatic heterocycles. The highest BCUT2D eigenvalue weighted by atomic mass is 19.4. The van der Waals surface area contributed by atoms with E-state index < -0.39 is 12.6 Å². The van der Waals surface area contributed by atoms with E-state index in [2.05, 4.69) is 10.3 Å². The van der Waals surface area contributed by atoms with Gasteiger partial charge in [0, 0.05) is 32.6 Å². The number of hydrogen-bond acceptors (Lipinski definition) is 3. The molecule has 0 saturated carbocycles. The van der Waals surface area contributed by atoms with E-state index >= 15 is 0 Å². The summed E-state index contributed by atoms with van der Waals surface area (Å²) in [6.07, 6.45) is -2.95. The van der Waals surface area contributed by atoms with Crippen LogP contribution >= 0.6 is 0 Å². The largest absolute Gasteiger partial charge is 0.469 e. The van der Waals surface area contributed by atoms with Gasteiger partial charge in [-0.25, -0.2) is 0 Å². The molecule has 1 aliphatic rings. The number of unbranched alkanes of at least 4 members (excludes halogenated alkanes) is 1. The number of nitrogens with one attached hydrogen (secondary N) is 1. The van der Waals surface area contributed by atoms with Gasteiger partial charge in [0.1, 0.15) is 0 Å². The fraction of sp³-hybridized carbons (Fsp3) is 0.867. The molecule has 1 heterocycles. The maximum absolute atomic E-state index is 12.1. The van der Waals surface area contributed by atoms with Crippen molar-refractivity contribution in [2.75, 3.05) is 33.3 Å². The van der Waals surface area contributed by atoms with Crippen molar-refractivity contribution in [1.29, 1.82) is 0 Å². The summed E-state index contributed by atoms with van der Waals surface area (Å²) in [5, 5.41) is 3.16. The molecule has 0 aliphatic carbocycles. The Labute approximate surface area is 135 Å². The van der Waals surface area contributed by atoms with E-state index in [4.69, 9.17) is 4.74 Å². The number of carbonyl (C=O) groups excluding carboxylic acids is 1. The maximum Gasteiger partial charge on any atom is 0.389 e. The van der Waals surface area contributed by atoms with Crippen LogP contribution in [0.2, 0.25) is 0 Å². The average Bonchev–Trinajstić information content (AvgIpc) is 2.52. The number of likely N-dealkylation sites (tertiary alicyclic amines) is 1. The van der Waals surface area contributed by atoms with Crippen molar-refractivity contribution >= 4 is 11.9 Å². The van der Waals surface area contributed by atoms with Gasteiger partial charge in [0.2, 0.25) is 0 Å². The van der Waals surface area contributed by atoms with Gasteiger partial charge < -0.3 is 15.0 Å². The number of alkyl halides is 3. The molecule has 0 unspecified atom stereocenters. The zero-order valence-electron chi connectivity index (χ0n) is 13.8. The summed E-state index contributed by atoms with van der Waals surface area (Å²) in [4.78, 5) is 18.0. The van der Waals surface area contributed by atoms with E-state index in [-0.39, 0.29) is 18.3 Å². The summed E-state index contributed by atoms with van der Waals surface area (Å²) in [6, 6.07) is 0. The molecular weight excluding hydrogens is 311 g/mol. The summed E-state index contributed by atoms with van der Waals surface area (Å²) in [5.41, 5.74) is 0. The van der Waals surface area contributed by atoms with Gasteiger partial charge in [0.25, 0.3) is 0 Å². The minimum atomic E-state index is -4.09. The Bertz CT molecular complexity index is 392. The van der Waals surface area contributed by atoms with Crippen molar-refractivity contribution in [2.45, 2.75) is 45.2 Å². The van der Waals surface area contributed by atoms with Gasteiger partial charge in [0.15, 0.2) is 5.96 Å². The molecule has 1 fully saturated rings. The SMILES string of the molecule is CCNC(=NCCCCC(F)(F)F)N1CCC(C(=O)OC)CC1. The van der Waals surface area contributed by atoms with Crippen LogP contribution in [0.4, 0.5) is 13.2 Å². The summed E-state index contributed by atoms with van der Waals surface area (Å²) in [6.45, 7) is 4.39. The van der Waals surface area contributed by atoms with E-state index in [9.17, 15) is 18.0 Å². The van der Waals surface area contributed by atoms with Crippen LogP contribution in [0.1, 0.15) is 39.0 Å². The van der Waals surface area contributed by atoms with Gasteiger partial charge in [-0.1, -0.05) is 0 Å². The number of piperidine rings is 1. The van der Waals surface area contributed by atoms with Crippen LogP contribution in [0.15, 0.2) is 4.99 Å². The number of nitrogens with zero attached hydrogens (tertiary/aromatic N) is 2. The highest BCUT2D eigenvalue weighted by molar-refractivity contribution is 5.80. The van der Waals surface area contributed by atoms with Crippen molar-refractivity contribution in [2.24, 2.45) is 10.9 Å². The number of halogens is 3. The third kappa shape index (κ3) is 7.56. The predicted octanol–water partition coefficient (Wildman–Crippen LogP) is 2.57. The molecule has 1 saturated heterocycles. The van der Waals surface area contributed by atoms with Crippen LogP contribution in [0.3, 0.4) is 0 Å². The number of hydrogen-bond donors (Lipinski definition) is 1. The Balaban J connectivity index is 2.42. The first kappa shape index (κ1) is 19.6. The molecule has 0 aromatic carbocycles. The van der Waals surface area contributed by atoms with Gasteiger partial charge in [-0.3, -0.25) is 9.79 Å². The monoisotopic (exact) mass is 337 g/mol. The predicted molar refractivity (Wildman–Crippen MR) is 82.2 cm³/mol. The molecule has 0 amide bonds. The smallest absolute Gasteiger partial charge is 0.389 e. The number of ether oxygens (including phenoxy) is 1. The van der Waals surface area contributed by atoms with Gasteiger partial charge >= 0.3 is 12.1 Å². The van der Waals surface area contributed by atoms with Crippen LogP contribution in [-0.4, -0.2) is 56.3 Å². The van der Waals surface area contributed by atoms with Crippen LogP contribution < -0.4 is 5.32 Å². The highest BCUT2D eigenvalue weighted by Crippen LogP contribution is 2.22. The summed E-state index contributed by atoms with van der Waals surface area (Å²) in [5.74, 6) is 0.451. The molecule has 0 aromatic rings. The number of aliphatic imine (C=N–C) groups is 1. The van der Waals surface area contributed by atoms with Crippen LogP contribution in [-0.2, 0) is 9.53 Å². The third-order valence-corrected chi connectivity index (χ3v) is 3.79. The Hall–Kier alpha value is -1.47. The van der Waals surface area contributed by atoms with E-state index in [1.807, 2.05) is 11.8 Å². The quantitative estimate of drug-likeness (QED) is 0.350. The number of guanidine groups is 1. The molecule has 1 rings (SSSR count). The van der Waals surface area contributed by atoms with Crippen molar-refractivity contribution in [1.82, 2.24) is 10.2 Å². The fourth-order valence-corrected chi connectivity index (χ4v) is 2.54. The van der Waals surface area contributed by atoms with Crippen LogP contribution in [0.5, 0.6) is 0 Å². The second-order valence-electron chi connectivity index (χ2n) is 5.59. The van der Waals surface area contributed by atoms with Crippen molar-refractivity contribution in [3.63, 3.8) is 0 Å². The standard InChI is InChI=1S/C15H26F3N3O2/c1-3-19-14(20-9-5-4-8-15(16,17)18)21-10-6-12(7-11-21)13(22)23-2/h12H,3-11H2,1-2H3,(H,19,20). The number of carbonyl (C=O) groups is 1. The zero-order valence-corrected chi connectivity index (χ0v) is 13.8. The van der Waals surface area contributed by atoms with Crippen molar-refractivity contribution < 1.29 is 22.7 Å². The Morgan fingerprint density at radius 1 is 1.30 bits per heavy atom. The van der Waals surface area contributed by atoms with Gasteiger partial charge in [-0.15, -0.1) is 0 Å². The van der Waals surface area contributed by atoms with Crippen molar-refractivity contribution in [3.05, 3.63) is 0 Å². The topological polar surface area (TPSA) is 53.9 Å². The second kappa shape index (κ2) is 9.62. The number of esters is 1. The van der Waals surface area contributed by atoms with Gasteiger partial charge in [0.05, 0.1) is 13.0 Å². The number of methoxy groups -OCH3 is 1. The van der Waals surface area contributed by atoms with E-state index in [0.717, 1.165) is 0 Å². The molecule has 0 bridgehead atoms. The van der Waals surface area contributed by atoms with Crippen LogP contribution in [0, 0.1) is 5.92 Å². The van der Waals surface area contributed by atoms with Gasteiger partial charge in [-0.05, 0) is 32.6 Å². The number of rotatable bonds is 6. The molecular formula is C15H26F3N3O2. The Morgan fingerprint density at radius 2 is 1.96 bits per heavy atom. The first-order valence-corrected chi connectivity index (χ1v) is 8.05.